The molecule has 1 aromatic carbocycles. The smallest absolute Gasteiger partial charge is 0.253 e. The first-order chi connectivity index (χ1) is 13.1. The molecule has 1 atom stereocenters. The summed E-state index contributed by atoms with van der Waals surface area (Å²) in [6.45, 7) is 5.99. The molecule has 0 spiro atoms. The molecule has 0 radical (unpaired) electrons. The maximum Gasteiger partial charge on any atom is 0.253 e. The molecule has 3 heterocycles. The topological polar surface area (TPSA) is 51.0 Å². The second kappa shape index (κ2) is 7.10. The summed E-state index contributed by atoms with van der Waals surface area (Å²) < 4.78 is 15.9. The third-order valence-corrected chi connectivity index (χ3v) is 5.36. The molecule has 6 heteroatoms. The van der Waals surface area contributed by atoms with E-state index in [0.717, 1.165) is 36.4 Å². The minimum atomic E-state index is -0.333. The van der Waals surface area contributed by atoms with Gasteiger partial charge < -0.3 is 9.47 Å². The average molecular weight is 366 g/mol. The van der Waals surface area contributed by atoms with Crippen molar-refractivity contribution in [1.29, 1.82) is 0 Å². The van der Waals surface area contributed by atoms with Gasteiger partial charge in [0.15, 0.2) is 5.65 Å². The van der Waals surface area contributed by atoms with Crippen LogP contribution in [0.5, 0.6) is 0 Å². The maximum atomic E-state index is 13.8. The summed E-state index contributed by atoms with van der Waals surface area (Å²) in [4.78, 5) is 23.7. The summed E-state index contributed by atoms with van der Waals surface area (Å²) in [6, 6.07) is 8.58. The largest absolute Gasteiger partial charge is 0.338 e. The number of likely N-dealkylation sites (tertiary alicyclic amines) is 1. The van der Waals surface area contributed by atoms with Gasteiger partial charge in [-0.15, -0.1) is 0 Å². The number of aromatic nitrogens is 3. The van der Waals surface area contributed by atoms with Crippen LogP contribution in [-0.2, 0) is 13.0 Å². The van der Waals surface area contributed by atoms with Gasteiger partial charge >= 0.3 is 0 Å². The number of nitrogens with zero attached hydrogens (tertiary/aromatic N) is 4. The normalized spacial score (nSPS) is 17.0. The molecule has 1 aliphatic rings. The van der Waals surface area contributed by atoms with Crippen LogP contribution < -0.4 is 0 Å². The van der Waals surface area contributed by atoms with Crippen molar-refractivity contribution in [1.82, 2.24) is 19.4 Å². The highest BCUT2D eigenvalue weighted by Crippen LogP contribution is 2.24. The number of benzene rings is 1. The van der Waals surface area contributed by atoms with E-state index in [2.05, 4.69) is 16.5 Å². The molecule has 0 bridgehead atoms. The molecule has 2 aromatic heterocycles. The molecule has 0 unspecified atom stereocenters. The van der Waals surface area contributed by atoms with Crippen LogP contribution in [-0.4, -0.2) is 38.4 Å². The predicted octanol–water partition coefficient (Wildman–Crippen LogP) is 3.60. The quantitative estimate of drug-likeness (QED) is 0.709. The van der Waals surface area contributed by atoms with E-state index in [1.165, 1.54) is 6.07 Å². The number of imidazole rings is 1. The van der Waals surface area contributed by atoms with E-state index in [4.69, 9.17) is 4.98 Å². The predicted molar refractivity (Wildman–Crippen MR) is 102 cm³/mol. The van der Waals surface area contributed by atoms with Gasteiger partial charge in [-0.25, -0.2) is 14.4 Å². The maximum absolute atomic E-state index is 13.8. The number of pyridine rings is 1. The molecule has 1 aliphatic heterocycles. The van der Waals surface area contributed by atoms with Crippen LogP contribution in [0.3, 0.4) is 0 Å². The molecule has 140 valence electrons. The first-order valence-corrected chi connectivity index (χ1v) is 9.42. The summed E-state index contributed by atoms with van der Waals surface area (Å²) >= 11 is 0. The van der Waals surface area contributed by atoms with Crippen molar-refractivity contribution >= 4 is 17.1 Å². The molecule has 0 N–H and O–H groups in total. The minimum absolute atomic E-state index is 0.0953. The summed E-state index contributed by atoms with van der Waals surface area (Å²) in [6.07, 6.45) is 3.54. The summed E-state index contributed by atoms with van der Waals surface area (Å²) in [5.41, 5.74) is 2.80. The van der Waals surface area contributed by atoms with E-state index in [9.17, 15) is 9.18 Å². The molecule has 0 aliphatic carbocycles. The molecular formula is C21H23FN4O. The third-order valence-electron chi connectivity index (χ3n) is 5.36. The van der Waals surface area contributed by atoms with E-state index in [1.807, 2.05) is 17.0 Å². The summed E-state index contributed by atoms with van der Waals surface area (Å²) in [5.74, 6) is 0.945. The lowest BCUT2D eigenvalue weighted by atomic mass is 10.0. The van der Waals surface area contributed by atoms with Gasteiger partial charge in [0.25, 0.3) is 5.91 Å². The van der Waals surface area contributed by atoms with Crippen molar-refractivity contribution in [2.24, 2.45) is 5.92 Å². The standard InChI is InChI=1S/C21H23FN4O/c1-3-26-19(24-18-5-4-9-23-20(18)26)11-15-8-10-25(13-15)21(27)16-7-6-14(2)17(22)12-16/h4-7,9,12,15H,3,8,10-11,13H2,1-2H3/t15-/m0/s1. The van der Waals surface area contributed by atoms with Crippen LogP contribution in [0.4, 0.5) is 4.39 Å². The number of hydrogen-bond acceptors (Lipinski definition) is 3. The Morgan fingerprint density at radius 1 is 1.33 bits per heavy atom. The van der Waals surface area contributed by atoms with Gasteiger partial charge in [0.05, 0.1) is 0 Å². The van der Waals surface area contributed by atoms with Crippen molar-refractivity contribution in [3.8, 4) is 0 Å². The Labute approximate surface area is 157 Å². The van der Waals surface area contributed by atoms with E-state index in [1.54, 1.807) is 25.3 Å². The summed E-state index contributed by atoms with van der Waals surface area (Å²) in [5, 5.41) is 0. The van der Waals surface area contributed by atoms with E-state index in [-0.39, 0.29) is 11.7 Å². The zero-order valence-electron chi connectivity index (χ0n) is 15.7. The Morgan fingerprint density at radius 2 is 2.19 bits per heavy atom. The van der Waals surface area contributed by atoms with Crippen molar-refractivity contribution in [3.63, 3.8) is 0 Å². The molecule has 1 saturated heterocycles. The molecule has 4 rings (SSSR count). The third kappa shape index (κ3) is 3.31. The molecule has 27 heavy (non-hydrogen) atoms. The number of halogens is 1. The highest BCUT2D eigenvalue weighted by atomic mass is 19.1. The average Bonchev–Trinajstić information content (AvgIpc) is 3.27. The van der Waals surface area contributed by atoms with Gasteiger partial charge in [-0.2, -0.15) is 0 Å². The molecule has 1 fully saturated rings. The monoisotopic (exact) mass is 366 g/mol. The number of aryl methyl sites for hydroxylation is 2. The number of fused-ring (bicyclic) bond motifs is 1. The number of hydrogen-bond donors (Lipinski definition) is 0. The van der Waals surface area contributed by atoms with Gasteiger partial charge in [-0.1, -0.05) is 6.07 Å². The van der Waals surface area contributed by atoms with Crippen LogP contribution in [0, 0.1) is 18.7 Å². The van der Waals surface area contributed by atoms with Crippen LogP contribution in [0.1, 0.15) is 35.1 Å². The van der Waals surface area contributed by atoms with Gasteiger partial charge in [-0.3, -0.25) is 4.79 Å². The lowest BCUT2D eigenvalue weighted by molar-refractivity contribution is 0.0786. The minimum Gasteiger partial charge on any atom is -0.338 e. The Bertz CT molecular complexity index is 997. The van der Waals surface area contributed by atoms with Crippen LogP contribution >= 0.6 is 0 Å². The van der Waals surface area contributed by atoms with Gasteiger partial charge in [0, 0.05) is 37.8 Å². The van der Waals surface area contributed by atoms with Crippen molar-refractivity contribution in [3.05, 3.63) is 59.3 Å². The second-order valence-corrected chi connectivity index (χ2v) is 7.19. The Balaban J connectivity index is 1.48. The lowest BCUT2D eigenvalue weighted by Crippen LogP contribution is -2.29. The molecule has 5 nitrogen and oxygen atoms in total. The van der Waals surface area contributed by atoms with Crippen molar-refractivity contribution in [2.75, 3.05) is 13.1 Å². The first-order valence-electron chi connectivity index (χ1n) is 9.42. The van der Waals surface area contributed by atoms with E-state index >= 15 is 0 Å². The first kappa shape index (κ1) is 17.6. The lowest BCUT2D eigenvalue weighted by Gasteiger charge is -2.17. The van der Waals surface area contributed by atoms with Gasteiger partial charge in [-0.05, 0) is 56.0 Å². The SMILES string of the molecule is CCn1c(C[C@@H]2CCN(C(=O)c3ccc(C)c(F)c3)C2)nc2cccnc21. The fraction of sp³-hybridized carbons (Fsp3) is 0.381. The summed E-state index contributed by atoms with van der Waals surface area (Å²) in [7, 11) is 0. The number of rotatable bonds is 4. The Kier molecular flexibility index (Phi) is 4.64. The van der Waals surface area contributed by atoms with Gasteiger partial charge in [0.1, 0.15) is 17.2 Å². The Hall–Kier alpha value is -2.76. The van der Waals surface area contributed by atoms with Crippen LogP contribution in [0.15, 0.2) is 36.5 Å². The Morgan fingerprint density at radius 3 is 2.96 bits per heavy atom. The van der Waals surface area contributed by atoms with E-state index < -0.39 is 0 Å². The highest BCUT2D eigenvalue weighted by Gasteiger charge is 2.28. The molecular weight excluding hydrogens is 343 g/mol. The van der Waals surface area contributed by atoms with Crippen molar-refractivity contribution in [2.45, 2.75) is 33.2 Å². The fourth-order valence-electron chi connectivity index (χ4n) is 3.84. The zero-order chi connectivity index (χ0) is 19.0. The fourth-order valence-corrected chi connectivity index (χ4v) is 3.84. The van der Waals surface area contributed by atoms with Crippen LogP contribution in [0.2, 0.25) is 0 Å². The highest BCUT2D eigenvalue weighted by molar-refractivity contribution is 5.94. The van der Waals surface area contributed by atoms with Crippen LogP contribution in [0.25, 0.3) is 11.2 Å². The molecule has 3 aromatic rings. The van der Waals surface area contributed by atoms with Gasteiger partial charge in [0.2, 0.25) is 0 Å². The number of carbonyl (C=O) groups excluding carboxylic acids is 1. The zero-order valence-corrected chi connectivity index (χ0v) is 15.7. The number of amides is 1. The van der Waals surface area contributed by atoms with Crippen molar-refractivity contribution < 1.29 is 9.18 Å². The molecule has 0 saturated carbocycles. The molecule has 1 amide bonds. The van der Waals surface area contributed by atoms with E-state index in [0.29, 0.717) is 30.1 Å². The number of carbonyl (C=O) groups is 1. The second-order valence-electron chi connectivity index (χ2n) is 7.19.